The highest BCUT2D eigenvalue weighted by molar-refractivity contribution is 5.85. The van der Waals surface area contributed by atoms with Crippen LogP contribution in [0.5, 0.6) is 17.2 Å². The van der Waals surface area contributed by atoms with E-state index < -0.39 is 0 Å². The third-order valence-electron chi connectivity index (χ3n) is 5.99. The van der Waals surface area contributed by atoms with Gasteiger partial charge in [-0.05, 0) is 44.6 Å². The topological polar surface area (TPSA) is 97.2 Å². The number of ether oxygens (including phenoxy) is 3. The summed E-state index contributed by atoms with van der Waals surface area (Å²) in [4.78, 5) is 18.6. The molecule has 0 spiro atoms. The van der Waals surface area contributed by atoms with E-state index in [1.165, 1.54) is 12.8 Å². The van der Waals surface area contributed by atoms with E-state index in [0.717, 1.165) is 57.4 Å². The molecule has 1 aromatic heterocycles. The van der Waals surface area contributed by atoms with Gasteiger partial charge in [-0.1, -0.05) is 0 Å². The van der Waals surface area contributed by atoms with Crippen molar-refractivity contribution < 1.29 is 14.2 Å². The molecule has 0 saturated carbocycles. The maximum Gasteiger partial charge on any atom is 0.250 e. The molecule has 2 saturated heterocycles. The fraction of sp³-hybridized carbons (Fsp3) is 0.565. The van der Waals surface area contributed by atoms with Crippen LogP contribution in [0.4, 0.5) is 17.8 Å². The molecule has 0 aliphatic carbocycles. The zero-order chi connectivity index (χ0) is 23.0. The Morgan fingerprint density at radius 3 is 1.76 bits per heavy atom. The highest BCUT2D eigenvalue weighted by Gasteiger charge is 2.20. The second-order valence-electron chi connectivity index (χ2n) is 8.17. The molecule has 2 aromatic rings. The van der Waals surface area contributed by atoms with Crippen LogP contribution in [-0.4, -0.2) is 68.7 Å². The number of piperidine rings is 2. The van der Waals surface area contributed by atoms with E-state index in [9.17, 15) is 0 Å². The van der Waals surface area contributed by atoms with E-state index in [-0.39, 0.29) is 0 Å². The largest absolute Gasteiger partial charge is 0.496 e. The van der Waals surface area contributed by atoms with Crippen LogP contribution in [0.1, 0.15) is 44.1 Å². The molecule has 2 fully saturated rings. The monoisotopic (exact) mass is 455 g/mol. The standard InChI is InChI=1S/C23H33N7O3/c1-31-18-15-20(33-3)19(32-2)14-17(18)16-24-28-21-25-22(29-10-6-4-7-11-29)27-23(26-21)30-12-8-5-9-13-30/h14-16H,4-13H2,1-3H3,(H,25,26,27,28)/b24-16+. The van der Waals surface area contributed by atoms with E-state index in [0.29, 0.717) is 35.1 Å². The molecule has 4 rings (SSSR count). The van der Waals surface area contributed by atoms with Crippen LogP contribution in [0.3, 0.4) is 0 Å². The number of anilines is 3. The quantitative estimate of drug-likeness (QED) is 0.475. The predicted molar refractivity (Wildman–Crippen MR) is 129 cm³/mol. The van der Waals surface area contributed by atoms with Crippen LogP contribution in [-0.2, 0) is 0 Å². The summed E-state index contributed by atoms with van der Waals surface area (Å²) in [5.41, 5.74) is 3.74. The molecule has 33 heavy (non-hydrogen) atoms. The Labute approximate surface area is 195 Å². The maximum absolute atomic E-state index is 5.48. The van der Waals surface area contributed by atoms with Gasteiger partial charge >= 0.3 is 0 Å². The lowest BCUT2D eigenvalue weighted by Gasteiger charge is -2.30. The van der Waals surface area contributed by atoms with E-state index in [2.05, 4.69) is 30.3 Å². The van der Waals surface area contributed by atoms with Gasteiger partial charge in [0.25, 0.3) is 0 Å². The molecule has 1 aromatic carbocycles. The first kappa shape index (κ1) is 22.9. The third-order valence-corrected chi connectivity index (χ3v) is 5.99. The van der Waals surface area contributed by atoms with Gasteiger partial charge in [-0.2, -0.15) is 20.1 Å². The SMILES string of the molecule is COc1cc(OC)c(OC)cc1/C=N/Nc1nc(N2CCCCC2)nc(N2CCCCC2)n1. The number of nitrogens with one attached hydrogen (secondary N) is 1. The van der Waals surface area contributed by atoms with Crippen molar-refractivity contribution in [3.05, 3.63) is 17.7 Å². The molecule has 2 aliphatic rings. The molecule has 0 bridgehead atoms. The molecule has 0 amide bonds. The maximum atomic E-state index is 5.48. The van der Waals surface area contributed by atoms with Gasteiger partial charge in [0.15, 0.2) is 11.5 Å². The van der Waals surface area contributed by atoms with Crippen LogP contribution in [0.25, 0.3) is 0 Å². The van der Waals surface area contributed by atoms with E-state index >= 15 is 0 Å². The average Bonchev–Trinajstić information content (AvgIpc) is 2.89. The summed E-state index contributed by atoms with van der Waals surface area (Å²) in [5.74, 6) is 3.67. The minimum atomic E-state index is 0.432. The molecule has 1 N–H and O–H groups in total. The molecular formula is C23H33N7O3. The molecule has 10 heteroatoms. The Hall–Kier alpha value is -3.30. The number of hydrogen-bond donors (Lipinski definition) is 1. The van der Waals surface area contributed by atoms with E-state index in [1.807, 2.05) is 6.07 Å². The summed E-state index contributed by atoms with van der Waals surface area (Å²) in [6.07, 6.45) is 8.79. The fourth-order valence-electron chi connectivity index (χ4n) is 4.19. The Morgan fingerprint density at radius 2 is 1.24 bits per heavy atom. The van der Waals surface area contributed by atoms with Crippen LogP contribution < -0.4 is 29.4 Å². The van der Waals surface area contributed by atoms with Gasteiger partial charge in [0.05, 0.1) is 27.5 Å². The lowest BCUT2D eigenvalue weighted by molar-refractivity contribution is 0.349. The highest BCUT2D eigenvalue weighted by atomic mass is 16.5. The van der Waals surface area contributed by atoms with Crippen molar-refractivity contribution in [3.8, 4) is 17.2 Å². The molecular weight excluding hydrogens is 422 g/mol. The first-order chi connectivity index (χ1) is 16.2. The summed E-state index contributed by atoms with van der Waals surface area (Å²) in [6.45, 7) is 3.87. The minimum absolute atomic E-state index is 0.432. The number of nitrogens with zero attached hydrogens (tertiary/aromatic N) is 6. The van der Waals surface area contributed by atoms with Crippen LogP contribution in [0, 0.1) is 0 Å². The summed E-state index contributed by atoms with van der Waals surface area (Å²) < 4.78 is 16.2. The van der Waals surface area contributed by atoms with Crippen molar-refractivity contribution >= 4 is 24.1 Å². The second kappa shape index (κ2) is 11.0. The van der Waals surface area contributed by atoms with Crippen molar-refractivity contribution in [2.45, 2.75) is 38.5 Å². The van der Waals surface area contributed by atoms with Crippen molar-refractivity contribution in [1.29, 1.82) is 0 Å². The van der Waals surface area contributed by atoms with Crippen molar-refractivity contribution in [3.63, 3.8) is 0 Å². The number of benzene rings is 1. The minimum Gasteiger partial charge on any atom is -0.496 e. The molecule has 178 valence electrons. The Morgan fingerprint density at radius 1 is 0.727 bits per heavy atom. The number of hydrazone groups is 1. The molecule has 10 nitrogen and oxygen atoms in total. The van der Waals surface area contributed by atoms with Crippen LogP contribution >= 0.6 is 0 Å². The van der Waals surface area contributed by atoms with Gasteiger partial charge in [0.2, 0.25) is 17.8 Å². The van der Waals surface area contributed by atoms with Crippen molar-refractivity contribution in [2.75, 3.05) is 62.7 Å². The van der Waals surface area contributed by atoms with Crippen LogP contribution in [0.15, 0.2) is 17.2 Å². The lowest BCUT2D eigenvalue weighted by atomic mass is 10.1. The smallest absolute Gasteiger partial charge is 0.250 e. The van der Waals surface area contributed by atoms with Gasteiger partial charge in [0.1, 0.15) is 5.75 Å². The average molecular weight is 456 g/mol. The van der Waals surface area contributed by atoms with Gasteiger partial charge < -0.3 is 24.0 Å². The Bertz CT molecular complexity index is 921. The molecule has 0 unspecified atom stereocenters. The van der Waals surface area contributed by atoms with Crippen LogP contribution in [0.2, 0.25) is 0 Å². The normalized spacial score (nSPS) is 16.7. The highest BCUT2D eigenvalue weighted by Crippen LogP contribution is 2.33. The molecule has 3 heterocycles. The van der Waals surface area contributed by atoms with Gasteiger partial charge in [-0.3, -0.25) is 0 Å². The number of methoxy groups -OCH3 is 3. The van der Waals surface area contributed by atoms with Crippen molar-refractivity contribution in [1.82, 2.24) is 15.0 Å². The molecule has 0 atom stereocenters. The summed E-state index contributed by atoms with van der Waals surface area (Å²) >= 11 is 0. The zero-order valence-electron chi connectivity index (χ0n) is 19.7. The Kier molecular flexibility index (Phi) is 7.64. The van der Waals surface area contributed by atoms with Crippen molar-refractivity contribution in [2.24, 2.45) is 5.10 Å². The molecule has 2 aliphatic heterocycles. The van der Waals surface area contributed by atoms with E-state index in [4.69, 9.17) is 19.2 Å². The van der Waals surface area contributed by atoms with E-state index in [1.54, 1.807) is 33.6 Å². The lowest BCUT2D eigenvalue weighted by Crippen LogP contribution is -2.34. The summed E-state index contributed by atoms with van der Waals surface area (Å²) in [7, 11) is 4.79. The first-order valence-corrected chi connectivity index (χ1v) is 11.6. The molecule has 0 radical (unpaired) electrons. The van der Waals surface area contributed by atoms with Gasteiger partial charge in [-0.25, -0.2) is 5.43 Å². The fourth-order valence-corrected chi connectivity index (χ4v) is 4.19. The number of aromatic nitrogens is 3. The first-order valence-electron chi connectivity index (χ1n) is 11.6. The van der Waals surface area contributed by atoms with Gasteiger partial charge in [0, 0.05) is 37.8 Å². The van der Waals surface area contributed by atoms with Gasteiger partial charge in [-0.15, -0.1) is 0 Å². The third kappa shape index (κ3) is 5.55. The number of rotatable bonds is 8. The Balaban J connectivity index is 1.58. The second-order valence-corrected chi connectivity index (χ2v) is 8.17. The summed E-state index contributed by atoms with van der Waals surface area (Å²) in [6, 6.07) is 3.58. The summed E-state index contributed by atoms with van der Waals surface area (Å²) in [5, 5.41) is 4.38. The number of hydrogen-bond acceptors (Lipinski definition) is 10. The predicted octanol–water partition coefficient (Wildman–Crippen LogP) is 3.32. The zero-order valence-corrected chi connectivity index (χ0v) is 19.7.